The monoisotopic (exact) mass is 978 g/mol. The number of phenolic OH excluding ortho intramolecular Hbond substituents is 10. The third-order valence-electron chi connectivity index (χ3n) is 10.3. The van der Waals surface area contributed by atoms with Crippen molar-refractivity contribution < 1.29 is 84.5 Å². The minimum Gasteiger partial charge on any atom is -0.508 e. The van der Waals surface area contributed by atoms with Crippen molar-refractivity contribution >= 4 is 23.1 Å². The number of ketones is 4. The molecule has 368 valence electrons. The van der Waals surface area contributed by atoms with Crippen molar-refractivity contribution in [3.8, 4) is 74.7 Å². The molecule has 0 aliphatic carbocycles. The number of rotatable bonds is 11. The molecule has 17 nitrogen and oxygen atoms in total. The molecule has 0 saturated heterocycles. The Hall–Kier alpha value is -10.2. The van der Waals surface area contributed by atoms with Crippen LogP contribution >= 0.6 is 0 Å². The lowest BCUT2D eigenvalue weighted by Gasteiger charge is -2.09. The summed E-state index contributed by atoms with van der Waals surface area (Å²) in [5.41, 5.74) is 1.35. The molecule has 72 heavy (non-hydrogen) atoms. The van der Waals surface area contributed by atoms with Gasteiger partial charge in [-0.05, 0) is 54.6 Å². The van der Waals surface area contributed by atoms with Crippen LogP contribution in [0.3, 0.4) is 0 Å². The lowest BCUT2D eigenvalue weighted by Crippen LogP contribution is -2.02. The predicted octanol–water partition coefficient (Wildman–Crippen LogP) is 8.75. The van der Waals surface area contributed by atoms with Crippen LogP contribution < -0.4 is 14.2 Å². The quantitative estimate of drug-likeness (QED) is 0.0329. The summed E-state index contributed by atoms with van der Waals surface area (Å²) in [5.74, 6) is -5.48. The predicted molar refractivity (Wildman–Crippen MR) is 262 cm³/mol. The Kier molecular flexibility index (Phi) is 17.8. The highest BCUT2D eigenvalue weighted by Gasteiger charge is 2.23. The molecule has 10 N–H and O–H groups in total. The molecule has 0 aliphatic heterocycles. The van der Waals surface area contributed by atoms with Gasteiger partial charge >= 0.3 is 0 Å². The molecule has 8 aromatic rings. The summed E-state index contributed by atoms with van der Waals surface area (Å²) in [6.45, 7) is 0. The standard InChI is InChI=1S/C15H14O5.C14H12O4.C13H10O5.C13H10O3/c1-19-9-3-5-11(13(16)7-9)15(18)12-6-4-10(20-2)8-14(12)17;1-18-11-8-7-10(13(16)14(11)17)12(15)9-5-3-2-4-6-9;14-9-6-8(11(16)13(18)12(9)17)10(15)7-4-2-1-3-5-7;14-10-6-7-11(12(15)8-10)13(16)9-4-2-1-3-5-9/h3-8,16-17H,1-2H3;2-8,16-17H,1H3;1-6,14,16-18H;1-8,14-15H. The van der Waals surface area contributed by atoms with Gasteiger partial charge in [-0.1, -0.05) is 91.0 Å². The number of aromatic hydroxyl groups is 10. The first-order valence-corrected chi connectivity index (χ1v) is 21.1. The fourth-order valence-corrected chi connectivity index (χ4v) is 6.47. The van der Waals surface area contributed by atoms with Crippen molar-refractivity contribution in [1.82, 2.24) is 0 Å². The Balaban J connectivity index is 0.000000179. The molecule has 0 heterocycles. The zero-order chi connectivity index (χ0) is 52.6. The lowest BCUT2D eigenvalue weighted by atomic mass is 10.0. The van der Waals surface area contributed by atoms with Crippen LogP contribution in [0.2, 0.25) is 0 Å². The number of ether oxygens (including phenoxy) is 3. The fraction of sp³-hybridized carbons (Fsp3) is 0.0545. The van der Waals surface area contributed by atoms with Crippen LogP contribution in [-0.4, -0.2) is 95.5 Å². The number of hydrogen-bond donors (Lipinski definition) is 10. The van der Waals surface area contributed by atoms with Crippen LogP contribution in [0.15, 0.2) is 164 Å². The van der Waals surface area contributed by atoms with Crippen molar-refractivity contribution in [3.63, 3.8) is 0 Å². The van der Waals surface area contributed by atoms with E-state index in [9.17, 15) is 65.1 Å². The number of phenols is 10. The van der Waals surface area contributed by atoms with Gasteiger partial charge in [0.25, 0.3) is 0 Å². The Labute approximate surface area is 410 Å². The molecule has 8 aromatic carbocycles. The molecule has 0 aliphatic rings. The SMILES string of the molecule is COc1ccc(C(=O)c2ccc(OC)cc2O)c(O)c1.COc1ccc(C(=O)c2ccccc2)c(O)c1O.O=C(c1ccccc1)c1cc(O)c(O)c(O)c1O.O=C(c1ccccc1)c1ccc(O)cc1O. The Morgan fingerprint density at radius 2 is 0.681 bits per heavy atom. The van der Waals surface area contributed by atoms with Crippen LogP contribution in [0.1, 0.15) is 63.7 Å². The van der Waals surface area contributed by atoms with Gasteiger partial charge in [0.05, 0.1) is 49.1 Å². The molecule has 0 unspecified atom stereocenters. The van der Waals surface area contributed by atoms with Gasteiger partial charge in [-0.25, -0.2) is 0 Å². The molecule has 0 spiro atoms. The summed E-state index contributed by atoms with van der Waals surface area (Å²) >= 11 is 0. The van der Waals surface area contributed by atoms with Crippen LogP contribution in [0.4, 0.5) is 0 Å². The maximum Gasteiger partial charge on any atom is 0.205 e. The van der Waals surface area contributed by atoms with E-state index in [4.69, 9.17) is 19.3 Å². The van der Waals surface area contributed by atoms with Gasteiger partial charge in [0.2, 0.25) is 17.2 Å². The maximum absolute atomic E-state index is 12.3. The van der Waals surface area contributed by atoms with E-state index >= 15 is 0 Å². The third kappa shape index (κ3) is 12.7. The van der Waals surface area contributed by atoms with E-state index in [0.717, 1.165) is 12.1 Å². The first-order valence-electron chi connectivity index (χ1n) is 21.1. The first-order chi connectivity index (χ1) is 34.4. The second kappa shape index (κ2) is 24.2. The maximum atomic E-state index is 12.3. The molecule has 8 rings (SSSR count). The summed E-state index contributed by atoms with van der Waals surface area (Å²) in [5, 5.41) is 95.2. The van der Waals surface area contributed by atoms with Gasteiger partial charge in [0.15, 0.2) is 46.1 Å². The smallest absolute Gasteiger partial charge is 0.205 e. The second-order valence-electron chi connectivity index (χ2n) is 14.9. The number of hydrogen-bond acceptors (Lipinski definition) is 17. The average molecular weight is 979 g/mol. The highest BCUT2D eigenvalue weighted by atomic mass is 16.5. The van der Waals surface area contributed by atoms with Crippen molar-refractivity contribution in [1.29, 1.82) is 0 Å². The highest BCUT2D eigenvalue weighted by Crippen LogP contribution is 2.44. The molecule has 0 saturated carbocycles. The molecule has 0 amide bonds. The average Bonchev–Trinajstić information content (AvgIpc) is 3.40. The molecule has 17 heteroatoms. The minimum absolute atomic E-state index is 0.0412. The molecule has 0 fully saturated rings. The third-order valence-corrected chi connectivity index (χ3v) is 10.3. The van der Waals surface area contributed by atoms with Crippen molar-refractivity contribution in [2.75, 3.05) is 21.3 Å². The van der Waals surface area contributed by atoms with Gasteiger partial charge < -0.3 is 65.3 Å². The minimum atomic E-state index is -0.922. The summed E-state index contributed by atoms with van der Waals surface area (Å²) in [6, 6.07) is 41.7. The van der Waals surface area contributed by atoms with Crippen molar-refractivity contribution in [2.45, 2.75) is 0 Å². The van der Waals surface area contributed by atoms with E-state index in [1.807, 2.05) is 6.07 Å². The van der Waals surface area contributed by atoms with E-state index in [2.05, 4.69) is 0 Å². The Bertz CT molecular complexity index is 3150. The van der Waals surface area contributed by atoms with Gasteiger partial charge in [-0.15, -0.1) is 0 Å². The van der Waals surface area contributed by atoms with E-state index in [1.165, 1.54) is 82.0 Å². The molecule has 0 aromatic heterocycles. The fourth-order valence-electron chi connectivity index (χ4n) is 6.47. The summed E-state index contributed by atoms with van der Waals surface area (Å²) in [6.07, 6.45) is 0. The molecule has 0 bridgehead atoms. The van der Waals surface area contributed by atoms with Crippen molar-refractivity contribution in [3.05, 3.63) is 208 Å². The largest absolute Gasteiger partial charge is 0.508 e. The van der Waals surface area contributed by atoms with Crippen LogP contribution in [-0.2, 0) is 0 Å². The Morgan fingerprint density at radius 1 is 0.306 bits per heavy atom. The molecular formula is C55H46O17. The van der Waals surface area contributed by atoms with Gasteiger partial charge in [-0.3, -0.25) is 19.2 Å². The van der Waals surface area contributed by atoms with Gasteiger partial charge in [-0.2, -0.15) is 0 Å². The van der Waals surface area contributed by atoms with Crippen molar-refractivity contribution in [2.24, 2.45) is 0 Å². The molecule has 0 radical (unpaired) electrons. The summed E-state index contributed by atoms with van der Waals surface area (Å²) < 4.78 is 14.7. The van der Waals surface area contributed by atoms with Crippen LogP contribution in [0.5, 0.6) is 74.7 Å². The van der Waals surface area contributed by atoms with E-state index in [0.29, 0.717) is 22.6 Å². The van der Waals surface area contributed by atoms with Gasteiger partial charge in [0, 0.05) is 34.9 Å². The first kappa shape index (κ1) is 52.8. The second-order valence-corrected chi connectivity index (χ2v) is 14.9. The van der Waals surface area contributed by atoms with Gasteiger partial charge in [0.1, 0.15) is 34.5 Å². The topological polar surface area (TPSA) is 298 Å². The zero-order valence-electron chi connectivity index (χ0n) is 38.4. The molecule has 0 atom stereocenters. The van der Waals surface area contributed by atoms with E-state index < -0.39 is 46.1 Å². The highest BCUT2D eigenvalue weighted by molar-refractivity contribution is 6.13. The number of carbonyl (C=O) groups excluding carboxylic acids is 4. The molecular weight excluding hydrogens is 933 g/mol. The lowest BCUT2D eigenvalue weighted by molar-refractivity contribution is 0.102. The number of methoxy groups -OCH3 is 3. The Morgan fingerprint density at radius 3 is 1.10 bits per heavy atom. The van der Waals surface area contributed by atoms with Crippen LogP contribution in [0.25, 0.3) is 0 Å². The summed E-state index contributed by atoms with van der Waals surface area (Å²) in [4.78, 5) is 48.3. The zero-order valence-corrected chi connectivity index (χ0v) is 38.4. The van der Waals surface area contributed by atoms with Crippen LogP contribution in [0, 0.1) is 0 Å². The summed E-state index contributed by atoms with van der Waals surface area (Å²) in [7, 11) is 4.30. The van der Waals surface area contributed by atoms with E-state index in [-0.39, 0.29) is 73.7 Å². The normalized spacial score (nSPS) is 10.1. The number of benzene rings is 8. The number of carbonyl (C=O) groups is 4. The van der Waals surface area contributed by atoms with E-state index in [1.54, 1.807) is 84.9 Å².